The van der Waals surface area contributed by atoms with Gasteiger partial charge in [-0.2, -0.15) is 5.10 Å². The quantitative estimate of drug-likeness (QED) is 0.505. The highest BCUT2D eigenvalue weighted by Crippen LogP contribution is 2.09. The minimum absolute atomic E-state index is 0.245. The molecule has 92 valence electrons. The zero-order chi connectivity index (χ0) is 13.0. The molecule has 0 spiro atoms. The molecule has 0 unspecified atom stereocenters. The number of hydrogen-bond donors (Lipinski definition) is 2. The topological polar surface area (TPSA) is 67.5 Å². The Balaban J connectivity index is 2.04. The average molecular weight is 259 g/mol. The Morgan fingerprint density at radius 1 is 1.28 bits per heavy atom. The number of amides is 1. The summed E-state index contributed by atoms with van der Waals surface area (Å²) < 4.78 is 0. The van der Waals surface area contributed by atoms with Crippen LogP contribution in [-0.4, -0.2) is 11.6 Å². The molecular weight excluding hydrogens is 246 g/mol. The van der Waals surface area contributed by atoms with Crippen molar-refractivity contribution in [1.29, 1.82) is 0 Å². The molecule has 0 fully saturated rings. The van der Waals surface area contributed by atoms with Crippen LogP contribution < -0.4 is 11.2 Å². The van der Waals surface area contributed by atoms with E-state index in [0.717, 1.165) is 10.6 Å². The molecular formula is C13H13N3OS. The smallest absolute Gasteiger partial charge is 0.271 e. The van der Waals surface area contributed by atoms with E-state index in [4.69, 9.17) is 5.73 Å². The number of benzene rings is 1. The van der Waals surface area contributed by atoms with Crippen LogP contribution in [0.5, 0.6) is 0 Å². The molecule has 0 saturated heterocycles. The number of hydrazone groups is 1. The molecule has 0 bridgehead atoms. The van der Waals surface area contributed by atoms with Gasteiger partial charge in [0.25, 0.3) is 5.91 Å². The maximum Gasteiger partial charge on any atom is 0.271 e. The molecule has 0 atom stereocenters. The molecule has 1 aromatic heterocycles. The summed E-state index contributed by atoms with van der Waals surface area (Å²) in [5.41, 5.74) is 10.0. The van der Waals surface area contributed by atoms with Crippen molar-refractivity contribution >= 4 is 28.6 Å². The van der Waals surface area contributed by atoms with Crippen LogP contribution in [0.4, 0.5) is 5.69 Å². The fourth-order valence-corrected chi connectivity index (χ4v) is 2.05. The van der Waals surface area contributed by atoms with Crippen LogP contribution in [0.25, 0.3) is 0 Å². The number of rotatable bonds is 3. The minimum Gasteiger partial charge on any atom is -0.399 e. The van der Waals surface area contributed by atoms with Crippen molar-refractivity contribution in [2.24, 2.45) is 5.10 Å². The first-order chi connectivity index (χ1) is 8.66. The van der Waals surface area contributed by atoms with Crippen LogP contribution in [0.3, 0.4) is 0 Å². The lowest BCUT2D eigenvalue weighted by atomic mass is 10.2. The van der Waals surface area contributed by atoms with Crippen LogP contribution in [0.2, 0.25) is 0 Å². The zero-order valence-corrected chi connectivity index (χ0v) is 10.7. The van der Waals surface area contributed by atoms with Gasteiger partial charge >= 0.3 is 0 Å². The van der Waals surface area contributed by atoms with E-state index in [0.29, 0.717) is 11.3 Å². The van der Waals surface area contributed by atoms with Gasteiger partial charge in [-0.1, -0.05) is 6.07 Å². The van der Waals surface area contributed by atoms with Gasteiger partial charge in [-0.3, -0.25) is 4.79 Å². The Hall–Kier alpha value is -2.14. The number of nitrogens with two attached hydrogens (primary N) is 1. The summed E-state index contributed by atoms with van der Waals surface area (Å²) in [6.07, 6.45) is 0. The lowest BCUT2D eigenvalue weighted by Gasteiger charge is -2.01. The standard InChI is InChI=1S/C13H13N3OS/c1-9(12-3-2-8-18-12)15-16-13(17)10-4-6-11(14)7-5-10/h2-8H,14H2,1H3,(H,16,17)/b15-9+. The first kappa shape index (κ1) is 12.3. The third kappa shape index (κ3) is 2.95. The van der Waals surface area contributed by atoms with Crippen LogP contribution in [0, 0.1) is 0 Å². The summed E-state index contributed by atoms with van der Waals surface area (Å²) in [5.74, 6) is -0.245. The molecule has 2 aromatic rings. The van der Waals surface area contributed by atoms with Gasteiger partial charge in [0.2, 0.25) is 0 Å². The second kappa shape index (κ2) is 5.46. The highest BCUT2D eigenvalue weighted by molar-refractivity contribution is 7.12. The van der Waals surface area contributed by atoms with E-state index in [2.05, 4.69) is 10.5 Å². The molecule has 0 saturated carbocycles. The first-order valence-electron chi connectivity index (χ1n) is 5.41. The molecule has 1 amide bonds. The van der Waals surface area contributed by atoms with E-state index in [1.807, 2.05) is 24.4 Å². The third-order valence-corrected chi connectivity index (χ3v) is 3.35. The van der Waals surface area contributed by atoms with Crippen LogP contribution >= 0.6 is 11.3 Å². The second-order valence-corrected chi connectivity index (χ2v) is 4.69. The number of anilines is 1. The number of nitrogens with zero attached hydrogens (tertiary/aromatic N) is 1. The number of nitrogen functional groups attached to an aromatic ring is 1. The van der Waals surface area contributed by atoms with E-state index in [1.165, 1.54) is 0 Å². The third-order valence-electron chi connectivity index (χ3n) is 2.38. The van der Waals surface area contributed by atoms with E-state index in [1.54, 1.807) is 35.6 Å². The van der Waals surface area contributed by atoms with Crippen LogP contribution in [0.15, 0.2) is 46.9 Å². The predicted molar refractivity (Wildman–Crippen MR) is 74.9 cm³/mol. The Morgan fingerprint density at radius 3 is 2.61 bits per heavy atom. The van der Waals surface area contributed by atoms with Crippen molar-refractivity contribution in [1.82, 2.24) is 5.43 Å². The summed E-state index contributed by atoms with van der Waals surface area (Å²) in [4.78, 5) is 12.8. The molecule has 18 heavy (non-hydrogen) atoms. The van der Waals surface area contributed by atoms with Gasteiger partial charge < -0.3 is 5.73 Å². The number of nitrogens with one attached hydrogen (secondary N) is 1. The molecule has 3 N–H and O–H groups in total. The minimum atomic E-state index is -0.245. The summed E-state index contributed by atoms with van der Waals surface area (Å²) in [6, 6.07) is 10.6. The highest BCUT2D eigenvalue weighted by Gasteiger charge is 2.04. The molecule has 2 rings (SSSR count). The van der Waals surface area contributed by atoms with E-state index in [9.17, 15) is 4.79 Å². The Kier molecular flexibility index (Phi) is 3.74. The number of thiophene rings is 1. The highest BCUT2D eigenvalue weighted by atomic mass is 32.1. The van der Waals surface area contributed by atoms with Gasteiger partial charge in [0, 0.05) is 16.1 Å². The zero-order valence-electron chi connectivity index (χ0n) is 9.88. The van der Waals surface area contributed by atoms with E-state index < -0.39 is 0 Å². The fraction of sp³-hybridized carbons (Fsp3) is 0.0769. The normalized spacial score (nSPS) is 11.3. The Bertz CT molecular complexity index is 558. The van der Waals surface area contributed by atoms with Crippen LogP contribution in [-0.2, 0) is 0 Å². The number of carbonyl (C=O) groups is 1. The van der Waals surface area contributed by atoms with Crippen molar-refractivity contribution < 1.29 is 4.79 Å². The lowest BCUT2D eigenvalue weighted by Crippen LogP contribution is -2.19. The SMILES string of the molecule is C/C(=N\NC(=O)c1ccc(N)cc1)c1cccs1. The second-order valence-electron chi connectivity index (χ2n) is 3.74. The summed E-state index contributed by atoms with van der Waals surface area (Å²) in [5, 5.41) is 6.03. The van der Waals surface area contributed by atoms with Gasteiger partial charge in [-0.05, 0) is 42.6 Å². The van der Waals surface area contributed by atoms with E-state index >= 15 is 0 Å². The fourth-order valence-electron chi connectivity index (χ4n) is 1.37. The summed E-state index contributed by atoms with van der Waals surface area (Å²) in [6.45, 7) is 1.86. The lowest BCUT2D eigenvalue weighted by molar-refractivity contribution is 0.0955. The summed E-state index contributed by atoms with van der Waals surface area (Å²) in [7, 11) is 0. The molecule has 5 heteroatoms. The molecule has 1 aromatic carbocycles. The molecule has 0 aliphatic rings. The number of hydrogen-bond acceptors (Lipinski definition) is 4. The maximum absolute atomic E-state index is 11.8. The van der Waals surface area contributed by atoms with Gasteiger partial charge in [0.15, 0.2) is 0 Å². The predicted octanol–water partition coefficient (Wildman–Crippen LogP) is 2.48. The molecule has 0 radical (unpaired) electrons. The Labute approximate surface area is 109 Å². The molecule has 0 aliphatic heterocycles. The summed E-state index contributed by atoms with van der Waals surface area (Å²) >= 11 is 1.58. The van der Waals surface area contributed by atoms with Crippen molar-refractivity contribution in [3.63, 3.8) is 0 Å². The van der Waals surface area contributed by atoms with Gasteiger partial charge in [-0.15, -0.1) is 11.3 Å². The van der Waals surface area contributed by atoms with Crippen molar-refractivity contribution in [2.45, 2.75) is 6.92 Å². The largest absolute Gasteiger partial charge is 0.399 e. The molecule has 0 aliphatic carbocycles. The number of carbonyl (C=O) groups excluding carboxylic acids is 1. The first-order valence-corrected chi connectivity index (χ1v) is 6.29. The average Bonchev–Trinajstić information content (AvgIpc) is 2.90. The Morgan fingerprint density at radius 2 is 2.00 bits per heavy atom. The molecule has 4 nitrogen and oxygen atoms in total. The van der Waals surface area contributed by atoms with Gasteiger partial charge in [-0.25, -0.2) is 5.43 Å². The van der Waals surface area contributed by atoms with E-state index in [-0.39, 0.29) is 5.91 Å². The van der Waals surface area contributed by atoms with Crippen molar-refractivity contribution in [3.05, 3.63) is 52.2 Å². The van der Waals surface area contributed by atoms with Gasteiger partial charge in [0.1, 0.15) is 0 Å². The van der Waals surface area contributed by atoms with Crippen molar-refractivity contribution in [2.75, 3.05) is 5.73 Å². The van der Waals surface area contributed by atoms with Crippen molar-refractivity contribution in [3.8, 4) is 0 Å². The monoisotopic (exact) mass is 259 g/mol. The maximum atomic E-state index is 11.8. The van der Waals surface area contributed by atoms with Gasteiger partial charge in [0.05, 0.1) is 5.71 Å². The van der Waals surface area contributed by atoms with Crippen LogP contribution in [0.1, 0.15) is 22.2 Å². The molecule has 1 heterocycles.